The standard InChI is InChI=1S/C11H18N4/c1-2-14-10-3-5-15(6-4-10)11-7-12-9-13-8-11/h7-10,14H,2-6H2,1H3. The number of hydrogen-bond donors (Lipinski definition) is 1. The molecule has 0 unspecified atom stereocenters. The maximum Gasteiger partial charge on any atom is 0.115 e. The highest BCUT2D eigenvalue weighted by Gasteiger charge is 2.18. The molecule has 2 heterocycles. The molecule has 1 aliphatic rings. The molecule has 1 aromatic heterocycles. The molecule has 0 saturated carbocycles. The Hall–Kier alpha value is -1.16. The van der Waals surface area contributed by atoms with Crippen molar-refractivity contribution in [3.05, 3.63) is 18.7 Å². The first-order valence-corrected chi connectivity index (χ1v) is 5.63. The summed E-state index contributed by atoms with van der Waals surface area (Å²) in [6, 6.07) is 0.691. The van der Waals surface area contributed by atoms with E-state index in [0.717, 1.165) is 25.3 Å². The molecule has 0 radical (unpaired) electrons. The lowest BCUT2D eigenvalue weighted by Gasteiger charge is -2.33. The minimum Gasteiger partial charge on any atom is -0.369 e. The average molecular weight is 206 g/mol. The number of aromatic nitrogens is 2. The third kappa shape index (κ3) is 2.65. The van der Waals surface area contributed by atoms with Crippen LogP contribution in [0.2, 0.25) is 0 Å². The molecule has 0 aliphatic carbocycles. The summed E-state index contributed by atoms with van der Waals surface area (Å²) < 4.78 is 0. The van der Waals surface area contributed by atoms with E-state index in [1.165, 1.54) is 12.8 Å². The summed E-state index contributed by atoms with van der Waals surface area (Å²) in [4.78, 5) is 10.4. The molecule has 1 aromatic rings. The number of piperidine rings is 1. The van der Waals surface area contributed by atoms with E-state index >= 15 is 0 Å². The molecule has 1 saturated heterocycles. The van der Waals surface area contributed by atoms with Crippen LogP contribution in [0.4, 0.5) is 5.69 Å². The summed E-state index contributed by atoms with van der Waals surface area (Å²) in [7, 11) is 0. The Morgan fingerprint density at radius 2 is 2.00 bits per heavy atom. The normalized spacial score (nSPS) is 18.1. The monoisotopic (exact) mass is 206 g/mol. The first-order chi connectivity index (χ1) is 7.40. The van der Waals surface area contributed by atoms with E-state index < -0.39 is 0 Å². The maximum atomic E-state index is 4.05. The molecule has 4 heteroatoms. The fourth-order valence-corrected chi connectivity index (χ4v) is 2.09. The van der Waals surface area contributed by atoms with Crippen LogP contribution in [-0.2, 0) is 0 Å². The predicted molar refractivity (Wildman–Crippen MR) is 60.9 cm³/mol. The SMILES string of the molecule is CCNC1CCN(c2cncnc2)CC1. The van der Waals surface area contributed by atoms with Crippen molar-refractivity contribution in [1.82, 2.24) is 15.3 Å². The van der Waals surface area contributed by atoms with Gasteiger partial charge in [-0.1, -0.05) is 6.92 Å². The molecule has 15 heavy (non-hydrogen) atoms. The van der Waals surface area contributed by atoms with Crippen LogP contribution in [0, 0.1) is 0 Å². The molecule has 1 fully saturated rings. The number of nitrogens with one attached hydrogen (secondary N) is 1. The van der Waals surface area contributed by atoms with E-state index in [4.69, 9.17) is 0 Å². The molecule has 0 bridgehead atoms. The first-order valence-electron chi connectivity index (χ1n) is 5.63. The van der Waals surface area contributed by atoms with E-state index in [2.05, 4.69) is 27.1 Å². The highest BCUT2D eigenvalue weighted by molar-refractivity contribution is 5.41. The van der Waals surface area contributed by atoms with Gasteiger partial charge in [0, 0.05) is 19.1 Å². The zero-order valence-corrected chi connectivity index (χ0v) is 9.19. The predicted octanol–water partition coefficient (Wildman–Crippen LogP) is 1.05. The summed E-state index contributed by atoms with van der Waals surface area (Å²) in [5.41, 5.74) is 1.15. The topological polar surface area (TPSA) is 41.0 Å². The number of nitrogens with zero attached hydrogens (tertiary/aromatic N) is 3. The molecular weight excluding hydrogens is 188 g/mol. The van der Waals surface area contributed by atoms with Crippen LogP contribution in [-0.4, -0.2) is 35.6 Å². The molecule has 82 valence electrons. The Labute approximate surface area is 90.7 Å². The van der Waals surface area contributed by atoms with Crippen LogP contribution in [0.25, 0.3) is 0 Å². The van der Waals surface area contributed by atoms with Gasteiger partial charge < -0.3 is 10.2 Å². The van der Waals surface area contributed by atoms with Gasteiger partial charge in [0.25, 0.3) is 0 Å². The zero-order chi connectivity index (χ0) is 10.5. The van der Waals surface area contributed by atoms with Gasteiger partial charge >= 0.3 is 0 Å². The Bertz CT molecular complexity index is 280. The molecule has 1 N–H and O–H groups in total. The Balaban J connectivity index is 1.88. The van der Waals surface area contributed by atoms with E-state index in [1.54, 1.807) is 6.33 Å². The number of rotatable bonds is 3. The Morgan fingerprint density at radius 3 is 2.60 bits per heavy atom. The van der Waals surface area contributed by atoms with E-state index in [0.29, 0.717) is 6.04 Å². The van der Waals surface area contributed by atoms with Crippen molar-refractivity contribution in [2.75, 3.05) is 24.5 Å². The van der Waals surface area contributed by atoms with E-state index in [9.17, 15) is 0 Å². The highest BCUT2D eigenvalue weighted by atomic mass is 15.2. The number of anilines is 1. The van der Waals surface area contributed by atoms with Gasteiger partial charge in [0.1, 0.15) is 6.33 Å². The molecule has 0 amide bonds. The second-order valence-corrected chi connectivity index (χ2v) is 3.92. The van der Waals surface area contributed by atoms with Crippen molar-refractivity contribution in [3.8, 4) is 0 Å². The van der Waals surface area contributed by atoms with Crippen LogP contribution < -0.4 is 10.2 Å². The molecule has 0 atom stereocenters. The summed E-state index contributed by atoms with van der Waals surface area (Å²) in [5.74, 6) is 0. The summed E-state index contributed by atoms with van der Waals surface area (Å²) in [6.45, 7) is 5.44. The second-order valence-electron chi connectivity index (χ2n) is 3.92. The fourth-order valence-electron chi connectivity index (χ4n) is 2.09. The summed E-state index contributed by atoms with van der Waals surface area (Å²) in [5, 5.41) is 3.50. The molecule has 0 spiro atoms. The van der Waals surface area contributed by atoms with Gasteiger partial charge in [-0.15, -0.1) is 0 Å². The van der Waals surface area contributed by atoms with E-state index in [1.807, 2.05) is 12.4 Å². The van der Waals surface area contributed by atoms with Crippen molar-refractivity contribution in [1.29, 1.82) is 0 Å². The van der Waals surface area contributed by atoms with Crippen LogP contribution in [0.3, 0.4) is 0 Å². The average Bonchev–Trinajstić information content (AvgIpc) is 2.32. The molecule has 0 aromatic carbocycles. The Kier molecular flexibility index (Phi) is 3.50. The number of hydrogen-bond acceptors (Lipinski definition) is 4. The lowest BCUT2D eigenvalue weighted by Crippen LogP contribution is -2.42. The Morgan fingerprint density at radius 1 is 1.33 bits per heavy atom. The first kappa shape index (κ1) is 10.4. The fraction of sp³-hybridized carbons (Fsp3) is 0.636. The molecule has 1 aliphatic heterocycles. The van der Waals surface area contributed by atoms with Crippen LogP contribution in [0.15, 0.2) is 18.7 Å². The van der Waals surface area contributed by atoms with Crippen molar-refractivity contribution in [3.63, 3.8) is 0 Å². The van der Waals surface area contributed by atoms with Gasteiger partial charge in [0.2, 0.25) is 0 Å². The third-order valence-electron chi connectivity index (χ3n) is 2.90. The lowest BCUT2D eigenvalue weighted by atomic mass is 10.0. The van der Waals surface area contributed by atoms with Gasteiger partial charge in [-0.2, -0.15) is 0 Å². The third-order valence-corrected chi connectivity index (χ3v) is 2.90. The van der Waals surface area contributed by atoms with E-state index in [-0.39, 0.29) is 0 Å². The van der Waals surface area contributed by atoms with Gasteiger partial charge in [-0.3, -0.25) is 0 Å². The quantitative estimate of drug-likeness (QED) is 0.802. The smallest absolute Gasteiger partial charge is 0.115 e. The van der Waals surface area contributed by atoms with Crippen LogP contribution in [0.5, 0.6) is 0 Å². The minimum absolute atomic E-state index is 0.691. The minimum atomic E-state index is 0.691. The van der Waals surface area contributed by atoms with Gasteiger partial charge in [-0.25, -0.2) is 9.97 Å². The largest absolute Gasteiger partial charge is 0.369 e. The highest BCUT2D eigenvalue weighted by Crippen LogP contribution is 2.17. The van der Waals surface area contributed by atoms with Crippen molar-refractivity contribution in [2.24, 2.45) is 0 Å². The summed E-state index contributed by atoms with van der Waals surface area (Å²) in [6.07, 6.45) is 7.78. The summed E-state index contributed by atoms with van der Waals surface area (Å²) >= 11 is 0. The van der Waals surface area contributed by atoms with Gasteiger partial charge in [0.05, 0.1) is 18.1 Å². The lowest BCUT2D eigenvalue weighted by molar-refractivity contribution is 0.423. The van der Waals surface area contributed by atoms with Crippen molar-refractivity contribution in [2.45, 2.75) is 25.8 Å². The van der Waals surface area contributed by atoms with Crippen LogP contribution in [0.1, 0.15) is 19.8 Å². The van der Waals surface area contributed by atoms with Crippen molar-refractivity contribution >= 4 is 5.69 Å². The van der Waals surface area contributed by atoms with Crippen LogP contribution >= 0.6 is 0 Å². The van der Waals surface area contributed by atoms with Gasteiger partial charge in [0.15, 0.2) is 0 Å². The zero-order valence-electron chi connectivity index (χ0n) is 9.19. The second kappa shape index (κ2) is 5.07. The maximum absolute atomic E-state index is 4.05. The van der Waals surface area contributed by atoms with Crippen molar-refractivity contribution < 1.29 is 0 Å². The van der Waals surface area contributed by atoms with Gasteiger partial charge in [-0.05, 0) is 19.4 Å². The molecule has 4 nitrogen and oxygen atoms in total. The molecule has 2 rings (SSSR count). The molecular formula is C11H18N4.